The average Bonchev–Trinajstić information content (AvgIpc) is 2.46. The Labute approximate surface area is 126 Å². The standard InChI is InChI=1S/C15H26N2O4/c1-20-15(19)13-11-16(9-10-21-13)12-14(18)17-7-5-3-2-4-6-8-17/h13H,2-12H2,1H3. The molecule has 1 amide bonds. The van der Waals surface area contributed by atoms with Crippen molar-refractivity contribution in [2.45, 2.75) is 38.2 Å². The van der Waals surface area contributed by atoms with E-state index >= 15 is 0 Å². The van der Waals surface area contributed by atoms with Gasteiger partial charge in [0.1, 0.15) is 0 Å². The molecule has 2 aliphatic rings. The van der Waals surface area contributed by atoms with Crippen LogP contribution >= 0.6 is 0 Å². The third-order valence-corrected chi connectivity index (χ3v) is 4.18. The van der Waals surface area contributed by atoms with Crippen molar-refractivity contribution in [2.75, 3.05) is 46.4 Å². The lowest BCUT2D eigenvalue weighted by Crippen LogP contribution is -2.50. The number of esters is 1. The first-order valence-electron chi connectivity index (χ1n) is 7.90. The molecular weight excluding hydrogens is 272 g/mol. The summed E-state index contributed by atoms with van der Waals surface area (Å²) in [4.78, 5) is 27.9. The third kappa shape index (κ3) is 4.97. The SMILES string of the molecule is COC(=O)C1CN(CC(=O)N2CCCCCCC2)CCO1. The number of hydrogen-bond donors (Lipinski definition) is 0. The number of rotatable bonds is 3. The molecule has 0 saturated carbocycles. The van der Waals surface area contributed by atoms with Gasteiger partial charge in [-0.25, -0.2) is 4.79 Å². The van der Waals surface area contributed by atoms with E-state index in [1.165, 1.54) is 26.4 Å². The Morgan fingerprint density at radius 2 is 1.76 bits per heavy atom. The summed E-state index contributed by atoms with van der Waals surface area (Å²) in [6.45, 7) is 3.69. The van der Waals surface area contributed by atoms with Gasteiger partial charge in [-0.15, -0.1) is 0 Å². The Morgan fingerprint density at radius 1 is 1.10 bits per heavy atom. The van der Waals surface area contributed by atoms with Crippen LogP contribution in [-0.4, -0.2) is 74.2 Å². The number of likely N-dealkylation sites (tertiary alicyclic amines) is 1. The quantitative estimate of drug-likeness (QED) is 0.716. The predicted octanol–water partition coefficient (Wildman–Crippen LogP) is 0.653. The molecule has 0 bridgehead atoms. The first-order chi connectivity index (χ1) is 10.2. The number of hydrogen-bond acceptors (Lipinski definition) is 5. The van der Waals surface area contributed by atoms with Crippen LogP contribution in [0.2, 0.25) is 0 Å². The van der Waals surface area contributed by atoms with Gasteiger partial charge in [0.25, 0.3) is 0 Å². The second kappa shape index (κ2) is 8.34. The largest absolute Gasteiger partial charge is 0.467 e. The maximum absolute atomic E-state index is 12.4. The summed E-state index contributed by atoms with van der Waals surface area (Å²) in [6.07, 6.45) is 5.34. The van der Waals surface area contributed by atoms with E-state index in [0.717, 1.165) is 25.9 Å². The molecule has 0 radical (unpaired) electrons. The van der Waals surface area contributed by atoms with Gasteiger partial charge in [0.2, 0.25) is 5.91 Å². The molecule has 6 nitrogen and oxygen atoms in total. The number of ether oxygens (including phenoxy) is 2. The van der Waals surface area contributed by atoms with E-state index in [1.807, 2.05) is 9.80 Å². The van der Waals surface area contributed by atoms with Crippen molar-refractivity contribution < 1.29 is 19.1 Å². The number of morpholine rings is 1. The Kier molecular flexibility index (Phi) is 6.45. The lowest BCUT2D eigenvalue weighted by atomic mass is 10.1. The van der Waals surface area contributed by atoms with Crippen LogP contribution in [0.3, 0.4) is 0 Å². The zero-order valence-electron chi connectivity index (χ0n) is 12.9. The minimum absolute atomic E-state index is 0.169. The molecule has 6 heteroatoms. The second-order valence-corrected chi connectivity index (χ2v) is 5.77. The van der Waals surface area contributed by atoms with Crippen LogP contribution < -0.4 is 0 Å². The van der Waals surface area contributed by atoms with E-state index in [-0.39, 0.29) is 11.9 Å². The fraction of sp³-hybridized carbons (Fsp3) is 0.867. The predicted molar refractivity (Wildman–Crippen MR) is 77.9 cm³/mol. The number of methoxy groups -OCH3 is 1. The summed E-state index contributed by atoms with van der Waals surface area (Å²) in [6, 6.07) is 0. The van der Waals surface area contributed by atoms with Gasteiger partial charge >= 0.3 is 5.97 Å². The Morgan fingerprint density at radius 3 is 2.43 bits per heavy atom. The van der Waals surface area contributed by atoms with Gasteiger partial charge in [-0.05, 0) is 12.8 Å². The highest BCUT2D eigenvalue weighted by atomic mass is 16.6. The molecular formula is C15H26N2O4. The number of carbonyl (C=O) groups is 2. The normalized spacial score (nSPS) is 25.0. The fourth-order valence-electron chi connectivity index (χ4n) is 2.91. The van der Waals surface area contributed by atoms with Crippen molar-refractivity contribution in [3.63, 3.8) is 0 Å². The molecule has 2 heterocycles. The number of carbonyl (C=O) groups excluding carboxylic acids is 2. The molecule has 0 spiro atoms. The smallest absolute Gasteiger partial charge is 0.336 e. The molecule has 2 fully saturated rings. The molecule has 21 heavy (non-hydrogen) atoms. The van der Waals surface area contributed by atoms with Gasteiger partial charge in [-0.2, -0.15) is 0 Å². The van der Waals surface area contributed by atoms with Crippen molar-refractivity contribution in [2.24, 2.45) is 0 Å². The Balaban J connectivity index is 1.81. The summed E-state index contributed by atoms with van der Waals surface area (Å²) in [7, 11) is 1.36. The van der Waals surface area contributed by atoms with Gasteiger partial charge in [0.15, 0.2) is 6.10 Å². The van der Waals surface area contributed by atoms with Gasteiger partial charge in [-0.1, -0.05) is 19.3 Å². The summed E-state index contributed by atoms with van der Waals surface area (Å²) in [5.41, 5.74) is 0. The Hall–Kier alpha value is -1.14. The fourth-order valence-corrected chi connectivity index (χ4v) is 2.91. The van der Waals surface area contributed by atoms with Gasteiger partial charge in [-0.3, -0.25) is 9.69 Å². The molecule has 0 aromatic carbocycles. The van der Waals surface area contributed by atoms with Crippen LogP contribution in [0, 0.1) is 0 Å². The highest BCUT2D eigenvalue weighted by molar-refractivity contribution is 5.79. The van der Waals surface area contributed by atoms with E-state index in [0.29, 0.717) is 26.2 Å². The molecule has 0 aromatic rings. The van der Waals surface area contributed by atoms with E-state index in [1.54, 1.807) is 0 Å². The first-order valence-corrected chi connectivity index (χ1v) is 7.90. The van der Waals surface area contributed by atoms with E-state index in [2.05, 4.69) is 0 Å². The minimum Gasteiger partial charge on any atom is -0.467 e. The van der Waals surface area contributed by atoms with Crippen LogP contribution in [-0.2, 0) is 19.1 Å². The summed E-state index contributed by atoms with van der Waals surface area (Å²) in [5.74, 6) is -0.194. The molecule has 120 valence electrons. The molecule has 0 aliphatic carbocycles. The number of amides is 1. The van der Waals surface area contributed by atoms with Crippen molar-refractivity contribution in [1.82, 2.24) is 9.80 Å². The van der Waals surface area contributed by atoms with Crippen LogP contribution in [0.15, 0.2) is 0 Å². The van der Waals surface area contributed by atoms with Crippen molar-refractivity contribution in [1.29, 1.82) is 0 Å². The topological polar surface area (TPSA) is 59.1 Å². The minimum atomic E-state index is -0.566. The highest BCUT2D eigenvalue weighted by Gasteiger charge is 2.29. The maximum atomic E-state index is 12.4. The molecule has 0 aromatic heterocycles. The van der Waals surface area contributed by atoms with Crippen LogP contribution in [0.4, 0.5) is 0 Å². The Bertz CT molecular complexity index is 354. The molecule has 2 saturated heterocycles. The summed E-state index contributed by atoms with van der Waals surface area (Å²) in [5, 5.41) is 0. The van der Waals surface area contributed by atoms with E-state index in [4.69, 9.17) is 9.47 Å². The average molecular weight is 298 g/mol. The van der Waals surface area contributed by atoms with E-state index < -0.39 is 6.10 Å². The first kappa shape index (κ1) is 16.2. The zero-order valence-corrected chi connectivity index (χ0v) is 12.9. The zero-order chi connectivity index (χ0) is 15.1. The molecule has 0 N–H and O–H groups in total. The van der Waals surface area contributed by atoms with Gasteiger partial charge < -0.3 is 14.4 Å². The molecule has 1 atom stereocenters. The monoisotopic (exact) mass is 298 g/mol. The van der Waals surface area contributed by atoms with Crippen LogP contribution in [0.1, 0.15) is 32.1 Å². The van der Waals surface area contributed by atoms with Crippen LogP contribution in [0.25, 0.3) is 0 Å². The van der Waals surface area contributed by atoms with E-state index in [9.17, 15) is 9.59 Å². The number of nitrogens with zero attached hydrogens (tertiary/aromatic N) is 2. The summed E-state index contributed by atoms with van der Waals surface area (Å²) < 4.78 is 10.1. The molecule has 2 rings (SSSR count). The van der Waals surface area contributed by atoms with Crippen molar-refractivity contribution in [3.8, 4) is 0 Å². The molecule has 1 unspecified atom stereocenters. The third-order valence-electron chi connectivity index (χ3n) is 4.18. The van der Waals surface area contributed by atoms with Crippen molar-refractivity contribution in [3.05, 3.63) is 0 Å². The van der Waals surface area contributed by atoms with Crippen LogP contribution in [0.5, 0.6) is 0 Å². The highest BCUT2D eigenvalue weighted by Crippen LogP contribution is 2.12. The second-order valence-electron chi connectivity index (χ2n) is 5.77. The van der Waals surface area contributed by atoms with Gasteiger partial charge in [0.05, 0.1) is 20.3 Å². The lowest BCUT2D eigenvalue weighted by Gasteiger charge is -2.33. The summed E-state index contributed by atoms with van der Waals surface area (Å²) >= 11 is 0. The maximum Gasteiger partial charge on any atom is 0.336 e. The van der Waals surface area contributed by atoms with Crippen molar-refractivity contribution >= 4 is 11.9 Å². The molecule has 2 aliphatic heterocycles. The lowest BCUT2D eigenvalue weighted by molar-refractivity contribution is -0.161. The van der Waals surface area contributed by atoms with Gasteiger partial charge in [0, 0.05) is 26.2 Å².